The van der Waals surface area contributed by atoms with Crippen LogP contribution in [0.2, 0.25) is 0 Å². The lowest BCUT2D eigenvalue weighted by Gasteiger charge is -2.62. The van der Waals surface area contributed by atoms with E-state index in [2.05, 4.69) is 32.6 Å². The van der Waals surface area contributed by atoms with Crippen LogP contribution >= 0.6 is 0 Å². The number of fused-ring (bicyclic) bond motifs is 5. The standard InChI is InChI=1S/C31H41NO5/c1-28-16-17-31(33,15-12-21-4-7-23(8-5-21)32(34)35)20-22(28)6-9-24-25-10-11-27(30(3)36-18-19-37-30)29(25,2)14-13-26(24)28/h4-5,7-8,22,24-27,33H,6,9-11,13-14,16-20H2,1-3H3/t22-,24+,25+,26+,27+,28+,29+,31-/m1/s1. The van der Waals surface area contributed by atoms with Crippen molar-refractivity contribution in [1.29, 1.82) is 0 Å². The van der Waals surface area contributed by atoms with Crippen molar-refractivity contribution in [3.63, 3.8) is 0 Å². The molecule has 4 saturated carbocycles. The second-order valence-electron chi connectivity index (χ2n) is 13.3. The SMILES string of the molecule is CC1([C@H]2CC[C@H]3[C@@H]4CC[C@@H]5C[C@@](O)(C#Cc6ccc([N+](=O)[O-])cc6)CC[C@]5(C)[C@H]4CC[C@]23C)OCCO1. The summed E-state index contributed by atoms with van der Waals surface area (Å²) in [5.74, 6) is 9.04. The minimum Gasteiger partial charge on any atom is -0.378 e. The van der Waals surface area contributed by atoms with Crippen LogP contribution in [-0.4, -0.2) is 34.6 Å². The van der Waals surface area contributed by atoms with Crippen molar-refractivity contribution in [2.45, 2.75) is 89.9 Å². The Kier molecular flexibility index (Phi) is 6.02. The molecule has 4 aliphatic carbocycles. The molecule has 1 aromatic carbocycles. The van der Waals surface area contributed by atoms with E-state index in [1.54, 1.807) is 12.1 Å². The first-order chi connectivity index (χ1) is 17.6. The maximum absolute atomic E-state index is 11.5. The molecule has 1 N–H and O–H groups in total. The van der Waals surface area contributed by atoms with E-state index >= 15 is 0 Å². The second kappa shape index (κ2) is 8.79. The fourth-order valence-corrected chi connectivity index (χ4v) is 9.81. The highest BCUT2D eigenvalue weighted by atomic mass is 16.7. The van der Waals surface area contributed by atoms with Gasteiger partial charge in [-0.2, -0.15) is 0 Å². The lowest BCUT2D eigenvalue weighted by molar-refractivity contribution is -0.384. The van der Waals surface area contributed by atoms with Gasteiger partial charge in [-0.1, -0.05) is 25.7 Å². The molecule has 6 nitrogen and oxygen atoms in total. The van der Waals surface area contributed by atoms with Gasteiger partial charge in [-0.05, 0) is 111 Å². The molecule has 1 heterocycles. The minimum absolute atomic E-state index is 0.0593. The maximum Gasteiger partial charge on any atom is 0.269 e. The molecule has 0 spiro atoms. The third-order valence-corrected chi connectivity index (χ3v) is 11.7. The molecule has 5 fully saturated rings. The highest BCUT2D eigenvalue weighted by molar-refractivity contribution is 5.42. The second-order valence-corrected chi connectivity index (χ2v) is 13.3. The molecule has 6 heteroatoms. The Morgan fingerprint density at radius 2 is 1.62 bits per heavy atom. The molecule has 0 bridgehead atoms. The highest BCUT2D eigenvalue weighted by Gasteiger charge is 2.64. The summed E-state index contributed by atoms with van der Waals surface area (Å²) in [6.07, 6.45) is 9.88. The van der Waals surface area contributed by atoms with Crippen LogP contribution in [0.1, 0.15) is 84.1 Å². The van der Waals surface area contributed by atoms with Crippen LogP contribution in [-0.2, 0) is 9.47 Å². The predicted octanol–water partition coefficient (Wildman–Crippen LogP) is 6.10. The molecule has 8 atom stereocenters. The number of nitro groups is 1. The van der Waals surface area contributed by atoms with E-state index in [-0.39, 0.29) is 16.5 Å². The number of nitrogens with zero attached hydrogens (tertiary/aromatic N) is 1. The number of nitro benzene ring substituents is 1. The zero-order valence-electron chi connectivity index (χ0n) is 22.5. The average molecular weight is 508 g/mol. The van der Waals surface area contributed by atoms with Crippen LogP contribution in [0.3, 0.4) is 0 Å². The molecular formula is C31H41NO5. The van der Waals surface area contributed by atoms with Crippen molar-refractivity contribution >= 4 is 5.69 Å². The number of aliphatic hydroxyl groups is 1. The van der Waals surface area contributed by atoms with Gasteiger partial charge in [0.25, 0.3) is 5.69 Å². The van der Waals surface area contributed by atoms with Gasteiger partial charge in [0.2, 0.25) is 0 Å². The normalized spacial score (nSPS) is 44.2. The summed E-state index contributed by atoms with van der Waals surface area (Å²) >= 11 is 0. The van der Waals surface area contributed by atoms with E-state index in [9.17, 15) is 15.2 Å². The third-order valence-electron chi connectivity index (χ3n) is 11.7. The summed E-state index contributed by atoms with van der Waals surface area (Å²) in [4.78, 5) is 10.5. The van der Waals surface area contributed by atoms with E-state index in [0.717, 1.165) is 37.9 Å². The van der Waals surface area contributed by atoms with Gasteiger partial charge in [-0.3, -0.25) is 10.1 Å². The molecule has 6 rings (SSSR count). The van der Waals surface area contributed by atoms with E-state index < -0.39 is 16.3 Å². The van der Waals surface area contributed by atoms with Crippen LogP contribution in [0.15, 0.2) is 24.3 Å². The maximum atomic E-state index is 11.5. The molecule has 0 amide bonds. The van der Waals surface area contributed by atoms with Crippen molar-refractivity contribution in [1.82, 2.24) is 0 Å². The van der Waals surface area contributed by atoms with E-state index in [1.165, 1.54) is 50.7 Å². The Morgan fingerprint density at radius 3 is 2.32 bits per heavy atom. The predicted molar refractivity (Wildman–Crippen MR) is 140 cm³/mol. The first-order valence-electron chi connectivity index (χ1n) is 14.3. The molecule has 200 valence electrons. The highest BCUT2D eigenvalue weighted by Crippen LogP contribution is 2.69. The van der Waals surface area contributed by atoms with Gasteiger partial charge in [-0.25, -0.2) is 0 Å². The summed E-state index contributed by atoms with van der Waals surface area (Å²) < 4.78 is 12.4. The van der Waals surface area contributed by atoms with Gasteiger partial charge < -0.3 is 14.6 Å². The molecule has 1 saturated heterocycles. The number of ether oxygens (including phenoxy) is 2. The van der Waals surface area contributed by atoms with Crippen molar-refractivity contribution in [3.05, 3.63) is 39.9 Å². The zero-order valence-corrected chi connectivity index (χ0v) is 22.5. The van der Waals surface area contributed by atoms with Crippen LogP contribution < -0.4 is 0 Å². The summed E-state index contributed by atoms with van der Waals surface area (Å²) in [6.45, 7) is 8.66. The van der Waals surface area contributed by atoms with Gasteiger partial charge in [-0.15, -0.1) is 0 Å². The Hall–Kier alpha value is -1.94. The van der Waals surface area contributed by atoms with Gasteiger partial charge in [0, 0.05) is 23.6 Å². The van der Waals surface area contributed by atoms with Gasteiger partial charge >= 0.3 is 0 Å². The first-order valence-corrected chi connectivity index (χ1v) is 14.3. The van der Waals surface area contributed by atoms with Crippen LogP contribution in [0, 0.1) is 62.4 Å². The van der Waals surface area contributed by atoms with Crippen molar-refractivity contribution in [2.75, 3.05) is 13.2 Å². The number of benzene rings is 1. The topological polar surface area (TPSA) is 81.8 Å². The quantitative estimate of drug-likeness (QED) is 0.297. The Labute approximate surface area is 220 Å². The van der Waals surface area contributed by atoms with E-state index in [0.29, 0.717) is 29.7 Å². The molecule has 0 aromatic heterocycles. The first kappa shape index (κ1) is 25.3. The number of non-ortho nitro benzene ring substituents is 1. The third kappa shape index (κ3) is 4.04. The Morgan fingerprint density at radius 1 is 0.919 bits per heavy atom. The molecule has 1 aliphatic heterocycles. The molecule has 0 radical (unpaired) electrons. The minimum atomic E-state index is -0.980. The smallest absolute Gasteiger partial charge is 0.269 e. The molecule has 1 aromatic rings. The lowest BCUT2D eigenvalue weighted by atomic mass is 9.43. The monoisotopic (exact) mass is 507 g/mol. The average Bonchev–Trinajstić information content (AvgIpc) is 3.47. The molecule has 5 aliphatic rings. The van der Waals surface area contributed by atoms with Crippen LogP contribution in [0.25, 0.3) is 0 Å². The van der Waals surface area contributed by atoms with Crippen molar-refractivity contribution < 1.29 is 19.5 Å². The van der Waals surface area contributed by atoms with Gasteiger partial charge in [0.15, 0.2) is 5.79 Å². The van der Waals surface area contributed by atoms with Crippen molar-refractivity contribution in [2.24, 2.45) is 40.4 Å². The summed E-state index contributed by atoms with van der Waals surface area (Å²) in [6, 6.07) is 6.29. The number of hydrogen-bond donors (Lipinski definition) is 1. The van der Waals surface area contributed by atoms with Crippen molar-refractivity contribution in [3.8, 4) is 11.8 Å². The molecule has 37 heavy (non-hydrogen) atoms. The summed E-state index contributed by atoms with van der Waals surface area (Å²) in [7, 11) is 0. The fraction of sp³-hybridized carbons (Fsp3) is 0.742. The van der Waals surface area contributed by atoms with E-state index in [1.807, 2.05) is 0 Å². The van der Waals surface area contributed by atoms with Gasteiger partial charge in [0.1, 0.15) is 5.60 Å². The van der Waals surface area contributed by atoms with Gasteiger partial charge in [0.05, 0.1) is 18.1 Å². The molecular weight excluding hydrogens is 466 g/mol. The number of rotatable bonds is 2. The van der Waals surface area contributed by atoms with Crippen LogP contribution in [0.4, 0.5) is 5.69 Å². The Balaban J connectivity index is 1.18. The van der Waals surface area contributed by atoms with E-state index in [4.69, 9.17) is 9.47 Å². The Bertz CT molecular complexity index is 1120. The summed E-state index contributed by atoms with van der Waals surface area (Å²) in [5, 5.41) is 22.4. The summed E-state index contributed by atoms with van der Waals surface area (Å²) in [5.41, 5.74) is 0.334. The van der Waals surface area contributed by atoms with Crippen LogP contribution in [0.5, 0.6) is 0 Å². The number of hydrogen-bond acceptors (Lipinski definition) is 5. The molecule has 0 unspecified atom stereocenters. The largest absolute Gasteiger partial charge is 0.378 e. The zero-order chi connectivity index (χ0) is 26.1. The lowest BCUT2D eigenvalue weighted by Crippen LogP contribution is -2.57. The fourth-order valence-electron chi connectivity index (χ4n) is 9.81.